The van der Waals surface area contributed by atoms with E-state index in [1.165, 1.54) is 4.40 Å². The quantitative estimate of drug-likeness (QED) is 0.307. The van der Waals surface area contributed by atoms with Gasteiger partial charge in [-0.25, -0.2) is 14.2 Å². The van der Waals surface area contributed by atoms with Gasteiger partial charge >= 0.3 is 12.1 Å². The van der Waals surface area contributed by atoms with Crippen molar-refractivity contribution in [1.29, 1.82) is 0 Å². The number of rotatable bonds is 5. The van der Waals surface area contributed by atoms with Crippen LogP contribution in [0.3, 0.4) is 0 Å². The highest BCUT2D eigenvalue weighted by atomic mass is 79.9. The molecular formula is C18H17BrF3N7O3. The molecule has 32 heavy (non-hydrogen) atoms. The average molecular weight is 516 g/mol. The third kappa shape index (κ3) is 4.79. The SMILES string of the molecule is CCCCCn1c2nc(Br)[nH]c2c(=O)n2c(-c3ccncc3)nnc12.O=C(O)C(F)(F)F. The summed E-state index contributed by atoms with van der Waals surface area (Å²) in [7, 11) is 0. The van der Waals surface area contributed by atoms with Gasteiger partial charge in [0.05, 0.1) is 0 Å². The van der Waals surface area contributed by atoms with E-state index in [1.807, 2.05) is 16.7 Å². The predicted octanol–water partition coefficient (Wildman–Crippen LogP) is 3.42. The van der Waals surface area contributed by atoms with Gasteiger partial charge in [0, 0.05) is 24.5 Å². The maximum Gasteiger partial charge on any atom is 0.490 e. The minimum absolute atomic E-state index is 0.216. The molecule has 0 fully saturated rings. The number of hydrogen-bond acceptors (Lipinski definition) is 6. The summed E-state index contributed by atoms with van der Waals surface area (Å²) in [6.45, 7) is 2.88. The topological polar surface area (TPSA) is 131 Å². The number of unbranched alkanes of at least 4 members (excludes halogenated alkanes) is 2. The van der Waals surface area contributed by atoms with E-state index in [4.69, 9.17) is 9.90 Å². The molecule has 2 N–H and O–H groups in total. The first kappa shape index (κ1) is 23.4. The predicted molar refractivity (Wildman–Crippen MR) is 111 cm³/mol. The summed E-state index contributed by atoms with van der Waals surface area (Å²) in [5.41, 5.74) is 1.60. The molecule has 4 aromatic rings. The van der Waals surface area contributed by atoms with E-state index < -0.39 is 12.1 Å². The van der Waals surface area contributed by atoms with Crippen molar-refractivity contribution in [2.45, 2.75) is 38.9 Å². The Balaban J connectivity index is 0.000000360. The molecule has 0 aliphatic heterocycles. The van der Waals surface area contributed by atoms with Crippen molar-refractivity contribution in [3.63, 3.8) is 0 Å². The lowest BCUT2D eigenvalue weighted by Crippen LogP contribution is -2.21. The number of alkyl halides is 3. The van der Waals surface area contributed by atoms with Gasteiger partial charge in [-0.1, -0.05) is 19.8 Å². The van der Waals surface area contributed by atoms with Crippen LogP contribution in [0.15, 0.2) is 34.1 Å². The zero-order chi connectivity index (χ0) is 23.5. The monoisotopic (exact) mass is 515 g/mol. The number of aryl methyl sites for hydroxylation is 1. The van der Waals surface area contributed by atoms with Crippen LogP contribution in [0.2, 0.25) is 0 Å². The molecule has 0 bridgehead atoms. The molecule has 0 unspecified atom stereocenters. The lowest BCUT2D eigenvalue weighted by Gasteiger charge is -2.09. The maximum atomic E-state index is 13.0. The van der Waals surface area contributed by atoms with Crippen LogP contribution in [0, 0.1) is 0 Å². The molecular weight excluding hydrogens is 499 g/mol. The molecule has 0 aliphatic rings. The Kier molecular flexibility index (Phi) is 6.91. The molecule has 0 aliphatic carbocycles. The van der Waals surface area contributed by atoms with Crippen LogP contribution in [0.5, 0.6) is 0 Å². The van der Waals surface area contributed by atoms with Gasteiger partial charge in [0.1, 0.15) is 0 Å². The standard InChI is InChI=1S/C16H16BrN7O.C2HF3O2/c1-2-3-4-9-23-13-11(19-15(17)20-13)14(25)24-12(21-22-16(23)24)10-5-7-18-8-6-10;3-2(4,5)1(6)7/h5-8H,2-4,9H2,1H3,(H,19,20);(H,6,7). The molecule has 4 rings (SSSR count). The second kappa shape index (κ2) is 9.46. The highest BCUT2D eigenvalue weighted by Crippen LogP contribution is 2.20. The van der Waals surface area contributed by atoms with Gasteiger partial charge in [-0.3, -0.25) is 14.3 Å². The molecule has 0 amide bonds. The number of aliphatic carboxylic acids is 1. The smallest absolute Gasteiger partial charge is 0.475 e. The molecule has 0 radical (unpaired) electrons. The van der Waals surface area contributed by atoms with Gasteiger partial charge in [-0.05, 0) is 34.5 Å². The van der Waals surface area contributed by atoms with Crippen LogP contribution < -0.4 is 5.56 Å². The molecule has 0 saturated heterocycles. The Hall–Kier alpha value is -3.29. The minimum Gasteiger partial charge on any atom is -0.475 e. The molecule has 14 heteroatoms. The number of carboxylic acid groups (broad SMARTS) is 1. The molecule has 10 nitrogen and oxygen atoms in total. The molecule has 4 heterocycles. The number of fused-ring (bicyclic) bond motifs is 2. The van der Waals surface area contributed by atoms with E-state index in [-0.39, 0.29) is 5.56 Å². The van der Waals surface area contributed by atoms with Gasteiger partial charge in [-0.15, -0.1) is 10.2 Å². The number of carbonyl (C=O) groups is 1. The van der Waals surface area contributed by atoms with Gasteiger partial charge in [-0.2, -0.15) is 13.2 Å². The highest BCUT2D eigenvalue weighted by molar-refractivity contribution is 9.10. The highest BCUT2D eigenvalue weighted by Gasteiger charge is 2.38. The van der Waals surface area contributed by atoms with Gasteiger partial charge in [0.15, 0.2) is 21.7 Å². The van der Waals surface area contributed by atoms with Crippen LogP contribution >= 0.6 is 15.9 Å². The Labute approximate surface area is 186 Å². The molecule has 0 spiro atoms. The number of carboxylic acids is 1. The van der Waals surface area contributed by atoms with Crippen molar-refractivity contribution in [3.8, 4) is 11.4 Å². The number of pyridine rings is 1. The lowest BCUT2D eigenvalue weighted by atomic mass is 10.2. The summed E-state index contributed by atoms with van der Waals surface area (Å²) < 4.78 is 35.7. The summed E-state index contributed by atoms with van der Waals surface area (Å²) in [5.74, 6) is -1.76. The Morgan fingerprint density at radius 2 is 1.88 bits per heavy atom. The summed E-state index contributed by atoms with van der Waals surface area (Å²) in [5, 5.41) is 15.7. The molecule has 170 valence electrons. The van der Waals surface area contributed by atoms with Crippen LogP contribution in [0.25, 0.3) is 28.3 Å². The minimum atomic E-state index is -5.08. The number of aromatic amines is 1. The zero-order valence-electron chi connectivity index (χ0n) is 16.6. The van der Waals surface area contributed by atoms with Crippen molar-refractivity contribution < 1.29 is 23.1 Å². The van der Waals surface area contributed by atoms with Gasteiger partial charge in [0.25, 0.3) is 5.56 Å². The Bertz CT molecular complexity index is 1300. The zero-order valence-corrected chi connectivity index (χ0v) is 18.2. The summed E-state index contributed by atoms with van der Waals surface area (Å²) >= 11 is 3.33. The van der Waals surface area contributed by atoms with E-state index in [1.54, 1.807) is 12.4 Å². The van der Waals surface area contributed by atoms with Gasteiger partial charge < -0.3 is 10.1 Å². The fourth-order valence-corrected chi connectivity index (χ4v) is 3.30. The number of aromatic nitrogens is 7. The number of imidazole rings is 1. The lowest BCUT2D eigenvalue weighted by molar-refractivity contribution is -0.192. The van der Waals surface area contributed by atoms with Crippen LogP contribution in [-0.4, -0.2) is 51.4 Å². The van der Waals surface area contributed by atoms with Crippen molar-refractivity contribution in [1.82, 2.24) is 34.1 Å². The summed E-state index contributed by atoms with van der Waals surface area (Å²) in [4.78, 5) is 33.3. The fraction of sp³-hybridized carbons (Fsp3) is 0.333. The normalized spacial score (nSPS) is 11.5. The summed E-state index contributed by atoms with van der Waals surface area (Å²) in [6, 6.07) is 3.62. The van der Waals surface area contributed by atoms with Crippen molar-refractivity contribution in [2.24, 2.45) is 0 Å². The van der Waals surface area contributed by atoms with E-state index in [0.717, 1.165) is 31.4 Å². The largest absolute Gasteiger partial charge is 0.490 e. The first-order valence-corrected chi connectivity index (χ1v) is 10.2. The Morgan fingerprint density at radius 1 is 1.22 bits per heavy atom. The first-order chi connectivity index (χ1) is 15.1. The van der Waals surface area contributed by atoms with E-state index in [0.29, 0.717) is 27.5 Å². The van der Waals surface area contributed by atoms with E-state index in [2.05, 4.69) is 48.0 Å². The fourth-order valence-electron chi connectivity index (χ4n) is 2.94. The van der Waals surface area contributed by atoms with Crippen molar-refractivity contribution >= 4 is 38.8 Å². The van der Waals surface area contributed by atoms with Crippen molar-refractivity contribution in [2.75, 3.05) is 0 Å². The van der Waals surface area contributed by atoms with Crippen LogP contribution in [0.4, 0.5) is 13.2 Å². The summed E-state index contributed by atoms with van der Waals surface area (Å²) in [6.07, 6.45) is 1.44. The second-order valence-electron chi connectivity index (χ2n) is 6.59. The average Bonchev–Trinajstić information content (AvgIpc) is 3.35. The molecule has 0 aromatic carbocycles. The van der Waals surface area contributed by atoms with E-state index >= 15 is 0 Å². The van der Waals surface area contributed by atoms with Crippen LogP contribution in [0.1, 0.15) is 26.2 Å². The van der Waals surface area contributed by atoms with Crippen LogP contribution in [-0.2, 0) is 11.3 Å². The molecule has 0 atom stereocenters. The number of nitrogens with one attached hydrogen (secondary N) is 1. The number of H-pyrrole nitrogens is 1. The molecule has 0 saturated carbocycles. The number of hydrogen-bond donors (Lipinski definition) is 2. The van der Waals surface area contributed by atoms with E-state index in [9.17, 15) is 18.0 Å². The third-order valence-electron chi connectivity index (χ3n) is 4.38. The molecule has 4 aromatic heterocycles. The first-order valence-electron chi connectivity index (χ1n) is 9.38. The second-order valence-corrected chi connectivity index (χ2v) is 7.34. The Morgan fingerprint density at radius 3 is 2.47 bits per heavy atom. The third-order valence-corrected chi connectivity index (χ3v) is 4.76. The number of halogens is 4. The number of nitrogens with zero attached hydrogens (tertiary/aromatic N) is 6. The van der Waals surface area contributed by atoms with Gasteiger partial charge in [0.2, 0.25) is 5.78 Å². The van der Waals surface area contributed by atoms with Crippen molar-refractivity contribution in [3.05, 3.63) is 39.6 Å². The maximum absolute atomic E-state index is 13.0.